The van der Waals surface area contributed by atoms with Crippen molar-refractivity contribution in [3.05, 3.63) is 71.5 Å². The van der Waals surface area contributed by atoms with E-state index in [0.29, 0.717) is 0 Å². The van der Waals surface area contributed by atoms with Crippen molar-refractivity contribution in [2.45, 2.75) is 12.5 Å². The zero-order valence-electron chi connectivity index (χ0n) is 12.1. The molecule has 0 aromatic heterocycles. The van der Waals surface area contributed by atoms with Crippen molar-refractivity contribution in [3.63, 3.8) is 0 Å². The smallest absolute Gasteiger partial charge is 0.123 e. The van der Waals surface area contributed by atoms with Gasteiger partial charge in [-0.15, -0.1) is 0 Å². The molecule has 1 heterocycles. The van der Waals surface area contributed by atoms with E-state index in [1.54, 1.807) is 12.1 Å². The summed E-state index contributed by atoms with van der Waals surface area (Å²) in [6.07, 6.45) is 1.14. The summed E-state index contributed by atoms with van der Waals surface area (Å²) in [5, 5.41) is 3.44. The first-order valence-electron chi connectivity index (χ1n) is 7.60. The summed E-state index contributed by atoms with van der Waals surface area (Å²) in [5.74, 6) is -0.178. The minimum atomic E-state index is -0.178. The van der Waals surface area contributed by atoms with Gasteiger partial charge in [-0.25, -0.2) is 4.39 Å². The molecule has 0 aliphatic carbocycles. The highest BCUT2D eigenvalue weighted by Gasteiger charge is 2.22. The van der Waals surface area contributed by atoms with Gasteiger partial charge in [0.25, 0.3) is 0 Å². The molecule has 0 spiro atoms. The summed E-state index contributed by atoms with van der Waals surface area (Å²) < 4.78 is 13.2. The van der Waals surface area contributed by atoms with Crippen LogP contribution in [0, 0.1) is 5.82 Å². The van der Waals surface area contributed by atoms with Gasteiger partial charge in [-0.05, 0) is 36.2 Å². The van der Waals surface area contributed by atoms with Gasteiger partial charge in [0.1, 0.15) is 5.82 Å². The summed E-state index contributed by atoms with van der Waals surface area (Å²) >= 11 is 0. The predicted octanol–water partition coefficient (Wildman–Crippen LogP) is 3.21. The highest BCUT2D eigenvalue weighted by Crippen LogP contribution is 2.29. The average Bonchev–Trinajstić information content (AvgIpc) is 2.80. The molecule has 0 unspecified atom stereocenters. The van der Waals surface area contributed by atoms with Crippen LogP contribution in [0.2, 0.25) is 0 Å². The van der Waals surface area contributed by atoms with E-state index in [4.69, 9.17) is 0 Å². The first-order chi connectivity index (χ1) is 10.3. The highest BCUT2D eigenvalue weighted by molar-refractivity contribution is 5.32. The summed E-state index contributed by atoms with van der Waals surface area (Å²) in [5.41, 5.74) is 2.43. The van der Waals surface area contributed by atoms with E-state index in [-0.39, 0.29) is 11.9 Å². The van der Waals surface area contributed by atoms with Gasteiger partial charge < -0.3 is 5.32 Å². The maximum Gasteiger partial charge on any atom is 0.123 e. The molecule has 3 rings (SSSR count). The fraction of sp³-hybridized carbons (Fsp3) is 0.333. The molecule has 1 fully saturated rings. The third-order valence-electron chi connectivity index (χ3n) is 4.04. The molecule has 0 bridgehead atoms. The Labute approximate surface area is 125 Å². The van der Waals surface area contributed by atoms with E-state index in [0.717, 1.165) is 38.2 Å². The lowest BCUT2D eigenvalue weighted by Crippen LogP contribution is -2.33. The van der Waals surface area contributed by atoms with Crippen molar-refractivity contribution >= 4 is 0 Å². The fourth-order valence-corrected chi connectivity index (χ4v) is 3.02. The lowest BCUT2D eigenvalue weighted by atomic mass is 9.97. The topological polar surface area (TPSA) is 15.3 Å². The molecule has 1 N–H and O–H groups in total. The van der Waals surface area contributed by atoms with Gasteiger partial charge in [-0.3, -0.25) is 4.90 Å². The van der Waals surface area contributed by atoms with Crippen LogP contribution in [0.5, 0.6) is 0 Å². The van der Waals surface area contributed by atoms with E-state index in [1.165, 1.54) is 5.56 Å². The minimum absolute atomic E-state index is 0.178. The van der Waals surface area contributed by atoms with E-state index < -0.39 is 0 Å². The summed E-state index contributed by atoms with van der Waals surface area (Å²) in [4.78, 5) is 2.49. The first-order valence-corrected chi connectivity index (χ1v) is 7.60. The Bertz CT molecular complexity index is 545. The van der Waals surface area contributed by atoms with E-state index in [2.05, 4.69) is 34.5 Å². The van der Waals surface area contributed by atoms with Crippen molar-refractivity contribution in [2.75, 3.05) is 26.2 Å². The molecule has 2 aromatic carbocycles. The Balaban J connectivity index is 1.95. The van der Waals surface area contributed by atoms with Gasteiger partial charge in [-0.1, -0.05) is 42.5 Å². The fourth-order valence-electron chi connectivity index (χ4n) is 3.02. The molecular formula is C18H21FN2. The maximum atomic E-state index is 13.2. The third kappa shape index (κ3) is 3.49. The Morgan fingerprint density at radius 1 is 0.857 bits per heavy atom. The second-order valence-corrected chi connectivity index (χ2v) is 5.50. The van der Waals surface area contributed by atoms with Crippen molar-refractivity contribution in [2.24, 2.45) is 0 Å². The SMILES string of the molecule is Fc1ccc([C@@H](c2ccccc2)N2CCCNCC2)cc1. The normalized spacial score (nSPS) is 18.1. The Morgan fingerprint density at radius 2 is 1.57 bits per heavy atom. The van der Waals surface area contributed by atoms with Crippen molar-refractivity contribution in [3.8, 4) is 0 Å². The Morgan fingerprint density at radius 3 is 2.33 bits per heavy atom. The van der Waals surface area contributed by atoms with Crippen LogP contribution in [0.1, 0.15) is 23.6 Å². The monoisotopic (exact) mass is 284 g/mol. The third-order valence-corrected chi connectivity index (χ3v) is 4.04. The molecule has 0 saturated carbocycles. The standard InChI is InChI=1S/C18H21FN2/c19-17-9-7-16(8-10-17)18(15-5-2-1-3-6-15)21-13-4-11-20-12-14-21/h1-3,5-10,18,20H,4,11-14H2/t18-/m1/s1. The highest BCUT2D eigenvalue weighted by atomic mass is 19.1. The molecule has 1 aliphatic rings. The second kappa shape index (κ2) is 6.83. The van der Waals surface area contributed by atoms with Crippen LogP contribution in [0.3, 0.4) is 0 Å². The van der Waals surface area contributed by atoms with Gasteiger partial charge in [0.2, 0.25) is 0 Å². The average molecular weight is 284 g/mol. The molecule has 1 aliphatic heterocycles. The largest absolute Gasteiger partial charge is 0.315 e. The first kappa shape index (κ1) is 14.2. The number of nitrogens with zero attached hydrogens (tertiary/aromatic N) is 1. The zero-order chi connectivity index (χ0) is 14.5. The van der Waals surface area contributed by atoms with Crippen LogP contribution in [-0.2, 0) is 0 Å². The number of rotatable bonds is 3. The molecule has 1 saturated heterocycles. The van der Waals surface area contributed by atoms with Crippen LogP contribution in [0.25, 0.3) is 0 Å². The number of nitrogens with one attached hydrogen (secondary N) is 1. The Kier molecular flexibility index (Phi) is 4.63. The molecule has 1 atom stereocenters. The van der Waals surface area contributed by atoms with Gasteiger partial charge in [-0.2, -0.15) is 0 Å². The molecule has 110 valence electrons. The van der Waals surface area contributed by atoms with Gasteiger partial charge in [0.15, 0.2) is 0 Å². The lowest BCUT2D eigenvalue weighted by Gasteiger charge is -2.31. The van der Waals surface area contributed by atoms with Crippen LogP contribution >= 0.6 is 0 Å². The number of hydrogen-bond acceptors (Lipinski definition) is 2. The molecule has 21 heavy (non-hydrogen) atoms. The van der Waals surface area contributed by atoms with Crippen molar-refractivity contribution in [1.29, 1.82) is 0 Å². The molecule has 3 heteroatoms. The number of benzene rings is 2. The van der Waals surface area contributed by atoms with Crippen LogP contribution in [-0.4, -0.2) is 31.1 Å². The van der Waals surface area contributed by atoms with Gasteiger partial charge in [0.05, 0.1) is 6.04 Å². The quantitative estimate of drug-likeness (QED) is 0.931. The molecule has 2 nitrogen and oxygen atoms in total. The van der Waals surface area contributed by atoms with E-state index in [9.17, 15) is 4.39 Å². The van der Waals surface area contributed by atoms with E-state index in [1.807, 2.05) is 18.2 Å². The maximum absolute atomic E-state index is 13.2. The van der Waals surface area contributed by atoms with Crippen molar-refractivity contribution < 1.29 is 4.39 Å². The molecule has 0 amide bonds. The zero-order valence-corrected chi connectivity index (χ0v) is 12.1. The van der Waals surface area contributed by atoms with Crippen molar-refractivity contribution in [1.82, 2.24) is 10.2 Å². The second-order valence-electron chi connectivity index (χ2n) is 5.50. The number of hydrogen-bond donors (Lipinski definition) is 1. The molecule has 0 radical (unpaired) electrons. The predicted molar refractivity (Wildman–Crippen MR) is 83.7 cm³/mol. The summed E-state index contributed by atoms with van der Waals surface area (Å²) in [7, 11) is 0. The number of halogens is 1. The van der Waals surface area contributed by atoms with Crippen LogP contribution in [0.15, 0.2) is 54.6 Å². The van der Waals surface area contributed by atoms with Crippen LogP contribution < -0.4 is 5.32 Å². The molecule has 2 aromatic rings. The summed E-state index contributed by atoms with van der Waals surface area (Å²) in [6.45, 7) is 4.15. The van der Waals surface area contributed by atoms with Gasteiger partial charge >= 0.3 is 0 Å². The van der Waals surface area contributed by atoms with Crippen LogP contribution in [0.4, 0.5) is 4.39 Å². The lowest BCUT2D eigenvalue weighted by molar-refractivity contribution is 0.241. The Hall–Kier alpha value is -1.71. The van der Waals surface area contributed by atoms with Gasteiger partial charge in [0, 0.05) is 19.6 Å². The molecular weight excluding hydrogens is 263 g/mol. The summed E-state index contributed by atoms with van der Waals surface area (Å²) in [6, 6.07) is 17.6. The minimum Gasteiger partial charge on any atom is -0.315 e. The van der Waals surface area contributed by atoms with E-state index >= 15 is 0 Å².